The predicted octanol–water partition coefficient (Wildman–Crippen LogP) is 0.426. The molecule has 0 aliphatic heterocycles. The minimum atomic E-state index is -1.08. The van der Waals surface area contributed by atoms with Crippen LogP contribution in [0.2, 0.25) is 0 Å². The van der Waals surface area contributed by atoms with E-state index in [0.29, 0.717) is 16.9 Å². The molecule has 0 bridgehead atoms. The number of carbonyl (C=O) groups is 1. The third-order valence-electron chi connectivity index (χ3n) is 1.67. The van der Waals surface area contributed by atoms with Gasteiger partial charge in [0.1, 0.15) is 17.0 Å². The number of aryl methyl sites for hydroxylation is 1. The molecule has 0 aliphatic carbocycles. The van der Waals surface area contributed by atoms with Gasteiger partial charge in [-0.05, 0) is 13.0 Å². The van der Waals surface area contributed by atoms with Crippen molar-refractivity contribution in [2.75, 3.05) is 0 Å². The molecule has 14 heavy (non-hydrogen) atoms. The summed E-state index contributed by atoms with van der Waals surface area (Å²) in [7, 11) is 0. The maximum absolute atomic E-state index is 10.6. The number of carboxylic acid groups (broad SMARTS) is 1. The van der Waals surface area contributed by atoms with Crippen LogP contribution >= 0.6 is 0 Å². The van der Waals surface area contributed by atoms with Crippen molar-refractivity contribution in [1.29, 1.82) is 0 Å². The van der Waals surface area contributed by atoms with Gasteiger partial charge < -0.3 is 5.11 Å². The lowest BCUT2D eigenvalue weighted by Crippen LogP contribution is -2.01. The van der Waals surface area contributed by atoms with Gasteiger partial charge in [0, 0.05) is 0 Å². The number of carboxylic acids is 1. The summed E-state index contributed by atoms with van der Waals surface area (Å²) in [4.78, 5) is 18.3. The molecule has 2 heterocycles. The quantitative estimate of drug-likeness (QED) is 0.701. The maximum Gasteiger partial charge on any atom is 0.354 e. The monoisotopic (exact) mass is 190 g/mol. The number of pyridine rings is 1. The fraction of sp³-hybridized carbons (Fsp3) is 0.125. The normalized spacial score (nSPS) is 10.4. The van der Waals surface area contributed by atoms with Crippen molar-refractivity contribution in [3.8, 4) is 0 Å². The van der Waals surface area contributed by atoms with Gasteiger partial charge in [0.05, 0.1) is 11.7 Å². The van der Waals surface area contributed by atoms with Crippen LogP contribution < -0.4 is 0 Å². The Morgan fingerprint density at radius 2 is 2.14 bits per heavy atom. The molecule has 0 saturated carbocycles. The second-order valence-electron chi connectivity index (χ2n) is 2.72. The summed E-state index contributed by atoms with van der Waals surface area (Å²) in [5.41, 5.74) is 0.933. The third-order valence-corrected chi connectivity index (χ3v) is 1.67. The molecule has 0 aromatic carbocycles. The van der Waals surface area contributed by atoms with E-state index in [2.05, 4.69) is 20.2 Å². The highest BCUT2D eigenvalue weighted by Crippen LogP contribution is 2.07. The Morgan fingerprint density at radius 1 is 1.36 bits per heavy atom. The fourth-order valence-electron chi connectivity index (χ4n) is 1.04. The van der Waals surface area contributed by atoms with Gasteiger partial charge in [0.2, 0.25) is 0 Å². The average Bonchev–Trinajstić information content (AvgIpc) is 2.16. The second-order valence-corrected chi connectivity index (χ2v) is 2.72. The highest BCUT2D eigenvalue weighted by atomic mass is 16.4. The fourth-order valence-corrected chi connectivity index (χ4v) is 1.04. The number of rotatable bonds is 1. The smallest absolute Gasteiger partial charge is 0.354 e. The van der Waals surface area contributed by atoms with Crippen LogP contribution in [0.15, 0.2) is 12.3 Å². The number of fused-ring (bicyclic) bond motifs is 1. The summed E-state index contributed by atoms with van der Waals surface area (Å²) in [5, 5.41) is 16.2. The first-order chi connectivity index (χ1) is 6.66. The van der Waals surface area contributed by atoms with Crippen molar-refractivity contribution in [2.24, 2.45) is 0 Å². The Morgan fingerprint density at radius 3 is 2.86 bits per heavy atom. The molecule has 0 radical (unpaired) electrons. The maximum atomic E-state index is 10.6. The topological polar surface area (TPSA) is 88.9 Å². The Balaban J connectivity index is 2.69. The molecular formula is C8H6N4O2. The molecule has 1 N–H and O–H groups in total. The molecule has 2 rings (SSSR count). The van der Waals surface area contributed by atoms with E-state index in [1.165, 1.54) is 12.3 Å². The number of aromatic carboxylic acids is 1. The minimum absolute atomic E-state index is 0.0441. The third kappa shape index (κ3) is 1.37. The molecule has 6 nitrogen and oxygen atoms in total. The molecule has 0 fully saturated rings. The van der Waals surface area contributed by atoms with Gasteiger partial charge in [0.15, 0.2) is 0 Å². The van der Waals surface area contributed by atoms with E-state index >= 15 is 0 Å². The predicted molar refractivity (Wildman–Crippen MR) is 46.8 cm³/mol. The summed E-state index contributed by atoms with van der Waals surface area (Å²) in [5.74, 6) is -0.580. The largest absolute Gasteiger partial charge is 0.477 e. The number of aromatic nitrogens is 4. The van der Waals surface area contributed by atoms with Crippen LogP contribution in [0.25, 0.3) is 11.0 Å². The Kier molecular flexibility index (Phi) is 1.81. The SMILES string of the molecule is Cc1nnc2cnc(C(=O)O)cc2n1. The first-order valence-corrected chi connectivity index (χ1v) is 3.87. The highest BCUT2D eigenvalue weighted by molar-refractivity contribution is 5.89. The van der Waals surface area contributed by atoms with Crippen molar-refractivity contribution in [3.05, 3.63) is 23.8 Å². The molecule has 0 atom stereocenters. The van der Waals surface area contributed by atoms with E-state index in [0.717, 1.165) is 0 Å². The lowest BCUT2D eigenvalue weighted by Gasteiger charge is -1.97. The molecule has 0 aliphatic rings. The van der Waals surface area contributed by atoms with Crippen LogP contribution in [0.1, 0.15) is 16.3 Å². The summed E-state index contributed by atoms with van der Waals surface area (Å²) in [6.45, 7) is 1.69. The summed E-state index contributed by atoms with van der Waals surface area (Å²) in [6, 6.07) is 1.37. The van der Waals surface area contributed by atoms with Gasteiger partial charge >= 0.3 is 5.97 Å². The van der Waals surface area contributed by atoms with E-state index in [4.69, 9.17) is 5.11 Å². The summed E-state index contributed by atoms with van der Waals surface area (Å²) < 4.78 is 0. The van der Waals surface area contributed by atoms with Crippen LogP contribution in [-0.2, 0) is 0 Å². The van der Waals surface area contributed by atoms with Crippen molar-refractivity contribution < 1.29 is 9.90 Å². The summed E-state index contributed by atoms with van der Waals surface area (Å²) in [6.07, 6.45) is 1.35. The van der Waals surface area contributed by atoms with Gasteiger partial charge in [0.25, 0.3) is 0 Å². The van der Waals surface area contributed by atoms with Crippen molar-refractivity contribution in [2.45, 2.75) is 6.92 Å². The van der Waals surface area contributed by atoms with Crippen LogP contribution in [0, 0.1) is 6.92 Å². The zero-order valence-corrected chi connectivity index (χ0v) is 7.30. The number of nitrogens with zero attached hydrogens (tertiary/aromatic N) is 4. The van der Waals surface area contributed by atoms with Crippen LogP contribution in [0.4, 0.5) is 0 Å². The van der Waals surface area contributed by atoms with Gasteiger partial charge in [-0.1, -0.05) is 0 Å². The molecule has 2 aromatic heterocycles. The lowest BCUT2D eigenvalue weighted by molar-refractivity contribution is 0.0690. The van der Waals surface area contributed by atoms with Crippen LogP contribution in [0.5, 0.6) is 0 Å². The van der Waals surface area contributed by atoms with E-state index in [1.807, 2.05) is 0 Å². The molecular weight excluding hydrogens is 184 g/mol. The first kappa shape index (κ1) is 8.49. The van der Waals surface area contributed by atoms with Crippen molar-refractivity contribution in [3.63, 3.8) is 0 Å². The summed E-state index contributed by atoms with van der Waals surface area (Å²) >= 11 is 0. The standard InChI is InChI=1S/C8H6N4O2/c1-4-10-5-2-6(8(13)14)9-3-7(5)12-11-4/h2-3H,1H3,(H,13,14). The second kappa shape index (κ2) is 2.99. The zero-order chi connectivity index (χ0) is 10.1. The van der Waals surface area contributed by atoms with Crippen molar-refractivity contribution in [1.82, 2.24) is 20.2 Å². The molecule has 6 heteroatoms. The molecule has 2 aromatic rings. The van der Waals surface area contributed by atoms with Gasteiger partial charge in [-0.3, -0.25) is 0 Å². The molecule has 70 valence electrons. The molecule has 0 unspecified atom stereocenters. The van der Waals surface area contributed by atoms with Gasteiger partial charge in [-0.25, -0.2) is 14.8 Å². The molecule has 0 spiro atoms. The van der Waals surface area contributed by atoms with E-state index in [9.17, 15) is 4.79 Å². The number of hydrogen-bond acceptors (Lipinski definition) is 5. The van der Waals surface area contributed by atoms with E-state index in [1.54, 1.807) is 6.92 Å². The van der Waals surface area contributed by atoms with E-state index < -0.39 is 5.97 Å². The zero-order valence-electron chi connectivity index (χ0n) is 7.30. The Bertz CT molecular complexity index is 512. The Hall–Kier alpha value is -2.11. The number of hydrogen-bond donors (Lipinski definition) is 1. The van der Waals surface area contributed by atoms with Crippen LogP contribution in [0.3, 0.4) is 0 Å². The van der Waals surface area contributed by atoms with Gasteiger partial charge in [-0.15, -0.1) is 10.2 Å². The lowest BCUT2D eigenvalue weighted by atomic mass is 10.3. The van der Waals surface area contributed by atoms with Crippen LogP contribution in [-0.4, -0.2) is 31.2 Å². The Labute approximate surface area is 78.6 Å². The van der Waals surface area contributed by atoms with E-state index in [-0.39, 0.29) is 5.69 Å². The highest BCUT2D eigenvalue weighted by Gasteiger charge is 2.06. The molecule has 0 amide bonds. The van der Waals surface area contributed by atoms with Gasteiger partial charge in [-0.2, -0.15) is 0 Å². The first-order valence-electron chi connectivity index (χ1n) is 3.87. The van der Waals surface area contributed by atoms with Crippen molar-refractivity contribution >= 4 is 17.0 Å². The average molecular weight is 190 g/mol. The molecule has 0 saturated heterocycles. The minimum Gasteiger partial charge on any atom is -0.477 e.